The Morgan fingerprint density at radius 2 is 2.35 bits per heavy atom. The first-order chi connectivity index (χ1) is 8.15. The topological polar surface area (TPSA) is 68.0 Å². The standard InChI is InChI=1S/C12H13N3O2/c1-15-12-9(11(14-15)8-2-3-8)4-7(6-13-12)5-10(16)17/h4,6,8H,2-3,5H2,1H3,(H,16,17). The lowest BCUT2D eigenvalue weighted by molar-refractivity contribution is -0.136. The zero-order chi connectivity index (χ0) is 12.0. The van der Waals surface area contributed by atoms with Gasteiger partial charge in [0.25, 0.3) is 0 Å². The zero-order valence-corrected chi connectivity index (χ0v) is 9.55. The third-order valence-corrected chi connectivity index (χ3v) is 3.08. The number of fused-ring (bicyclic) bond motifs is 1. The van der Waals surface area contributed by atoms with Gasteiger partial charge in [-0.05, 0) is 24.5 Å². The molecule has 88 valence electrons. The molecule has 0 atom stereocenters. The second-order valence-electron chi connectivity index (χ2n) is 4.57. The minimum absolute atomic E-state index is 0.0158. The van der Waals surface area contributed by atoms with Crippen LogP contribution in [0.5, 0.6) is 0 Å². The Labute approximate surface area is 98.1 Å². The highest BCUT2D eigenvalue weighted by molar-refractivity contribution is 5.81. The Morgan fingerprint density at radius 3 is 3.00 bits per heavy atom. The van der Waals surface area contributed by atoms with Crippen molar-refractivity contribution in [2.75, 3.05) is 0 Å². The smallest absolute Gasteiger partial charge is 0.307 e. The van der Waals surface area contributed by atoms with E-state index in [-0.39, 0.29) is 6.42 Å². The van der Waals surface area contributed by atoms with Gasteiger partial charge in [-0.2, -0.15) is 5.10 Å². The van der Waals surface area contributed by atoms with Gasteiger partial charge in [0.1, 0.15) is 0 Å². The molecule has 0 spiro atoms. The molecular formula is C12H13N3O2. The van der Waals surface area contributed by atoms with E-state index in [4.69, 9.17) is 5.11 Å². The largest absolute Gasteiger partial charge is 0.481 e. The van der Waals surface area contributed by atoms with Crippen molar-refractivity contribution < 1.29 is 9.90 Å². The molecule has 17 heavy (non-hydrogen) atoms. The van der Waals surface area contributed by atoms with Crippen LogP contribution in [0.4, 0.5) is 0 Å². The maximum atomic E-state index is 10.7. The van der Waals surface area contributed by atoms with Crippen LogP contribution in [0.25, 0.3) is 11.0 Å². The van der Waals surface area contributed by atoms with Crippen molar-refractivity contribution in [2.24, 2.45) is 7.05 Å². The molecule has 2 aromatic rings. The molecule has 1 fully saturated rings. The zero-order valence-electron chi connectivity index (χ0n) is 9.55. The highest BCUT2D eigenvalue weighted by Crippen LogP contribution is 2.42. The number of aryl methyl sites for hydroxylation is 1. The third-order valence-electron chi connectivity index (χ3n) is 3.08. The number of hydrogen-bond acceptors (Lipinski definition) is 3. The summed E-state index contributed by atoms with van der Waals surface area (Å²) in [4.78, 5) is 15.0. The number of carboxylic acids is 1. The first-order valence-corrected chi connectivity index (χ1v) is 5.68. The van der Waals surface area contributed by atoms with E-state index < -0.39 is 5.97 Å². The molecule has 1 saturated carbocycles. The predicted molar refractivity (Wildman–Crippen MR) is 61.8 cm³/mol. The van der Waals surface area contributed by atoms with Crippen LogP contribution in [0.2, 0.25) is 0 Å². The van der Waals surface area contributed by atoms with Gasteiger partial charge in [-0.1, -0.05) is 0 Å². The predicted octanol–water partition coefficient (Wildman–Crippen LogP) is 1.47. The number of carbonyl (C=O) groups is 1. The first-order valence-electron chi connectivity index (χ1n) is 5.68. The van der Waals surface area contributed by atoms with Gasteiger partial charge in [0.05, 0.1) is 12.1 Å². The Morgan fingerprint density at radius 1 is 1.59 bits per heavy atom. The summed E-state index contributed by atoms with van der Waals surface area (Å²) in [5, 5.41) is 14.3. The summed E-state index contributed by atoms with van der Waals surface area (Å²) in [6.07, 6.45) is 3.99. The van der Waals surface area contributed by atoms with E-state index in [0.29, 0.717) is 5.92 Å². The van der Waals surface area contributed by atoms with Gasteiger partial charge >= 0.3 is 5.97 Å². The fourth-order valence-electron chi connectivity index (χ4n) is 2.14. The van der Waals surface area contributed by atoms with Gasteiger partial charge in [0.15, 0.2) is 5.65 Å². The lowest BCUT2D eigenvalue weighted by Crippen LogP contribution is -2.00. The lowest BCUT2D eigenvalue weighted by atomic mass is 10.1. The summed E-state index contributed by atoms with van der Waals surface area (Å²) in [5.41, 5.74) is 2.64. The Balaban J connectivity index is 2.12. The summed E-state index contributed by atoms with van der Waals surface area (Å²) < 4.78 is 1.77. The van der Waals surface area contributed by atoms with Crippen molar-refractivity contribution in [3.8, 4) is 0 Å². The molecular weight excluding hydrogens is 218 g/mol. The van der Waals surface area contributed by atoms with E-state index in [1.54, 1.807) is 10.9 Å². The number of aliphatic carboxylic acids is 1. The van der Waals surface area contributed by atoms with Crippen LogP contribution in [-0.2, 0) is 18.3 Å². The summed E-state index contributed by atoms with van der Waals surface area (Å²) >= 11 is 0. The van der Waals surface area contributed by atoms with Crippen molar-refractivity contribution >= 4 is 17.0 Å². The molecule has 0 aliphatic heterocycles. The van der Waals surface area contributed by atoms with Gasteiger partial charge in [0, 0.05) is 24.5 Å². The van der Waals surface area contributed by atoms with Gasteiger partial charge in [-0.25, -0.2) is 4.98 Å². The van der Waals surface area contributed by atoms with Crippen LogP contribution in [0.1, 0.15) is 30.0 Å². The average Bonchev–Trinajstić information content (AvgIpc) is 3.04. The normalized spacial score (nSPS) is 15.4. The van der Waals surface area contributed by atoms with E-state index in [0.717, 1.165) is 22.3 Å². The number of carboxylic acid groups (broad SMARTS) is 1. The van der Waals surface area contributed by atoms with Gasteiger partial charge in [0.2, 0.25) is 0 Å². The summed E-state index contributed by atoms with van der Waals surface area (Å²) in [6, 6.07) is 1.91. The second kappa shape index (κ2) is 3.55. The van der Waals surface area contributed by atoms with Gasteiger partial charge in [-0.3, -0.25) is 9.48 Å². The van der Waals surface area contributed by atoms with Crippen LogP contribution < -0.4 is 0 Å². The van der Waals surface area contributed by atoms with Crippen molar-refractivity contribution in [2.45, 2.75) is 25.2 Å². The molecule has 0 amide bonds. The van der Waals surface area contributed by atoms with Crippen molar-refractivity contribution in [1.29, 1.82) is 0 Å². The molecule has 1 aliphatic rings. The molecule has 2 aromatic heterocycles. The second-order valence-corrected chi connectivity index (χ2v) is 4.57. The molecule has 3 rings (SSSR count). The SMILES string of the molecule is Cn1nc(C2CC2)c2cc(CC(=O)O)cnc21. The maximum Gasteiger partial charge on any atom is 0.307 e. The molecule has 0 radical (unpaired) electrons. The molecule has 1 N–H and O–H groups in total. The van der Waals surface area contributed by atoms with E-state index in [9.17, 15) is 4.79 Å². The molecule has 5 nitrogen and oxygen atoms in total. The highest BCUT2D eigenvalue weighted by atomic mass is 16.4. The summed E-state index contributed by atoms with van der Waals surface area (Å²) in [7, 11) is 1.87. The van der Waals surface area contributed by atoms with E-state index in [1.807, 2.05) is 13.1 Å². The van der Waals surface area contributed by atoms with Crippen molar-refractivity contribution in [3.63, 3.8) is 0 Å². The fourth-order valence-corrected chi connectivity index (χ4v) is 2.14. The highest BCUT2D eigenvalue weighted by Gasteiger charge is 2.29. The van der Waals surface area contributed by atoms with E-state index in [2.05, 4.69) is 10.1 Å². The average molecular weight is 231 g/mol. The monoisotopic (exact) mass is 231 g/mol. The van der Waals surface area contributed by atoms with E-state index in [1.165, 1.54) is 12.8 Å². The maximum absolute atomic E-state index is 10.7. The minimum Gasteiger partial charge on any atom is -0.481 e. The Kier molecular flexibility index (Phi) is 2.14. The van der Waals surface area contributed by atoms with Crippen LogP contribution in [0.3, 0.4) is 0 Å². The molecule has 2 heterocycles. The first kappa shape index (κ1) is 10.3. The number of hydrogen-bond donors (Lipinski definition) is 1. The quantitative estimate of drug-likeness (QED) is 0.868. The molecule has 1 aliphatic carbocycles. The summed E-state index contributed by atoms with van der Waals surface area (Å²) in [5.74, 6) is -0.288. The number of rotatable bonds is 3. The van der Waals surface area contributed by atoms with Crippen LogP contribution in [-0.4, -0.2) is 25.8 Å². The van der Waals surface area contributed by atoms with Crippen LogP contribution >= 0.6 is 0 Å². The number of nitrogens with zero attached hydrogens (tertiary/aromatic N) is 3. The van der Waals surface area contributed by atoms with Crippen molar-refractivity contribution in [1.82, 2.24) is 14.8 Å². The van der Waals surface area contributed by atoms with Crippen LogP contribution in [0.15, 0.2) is 12.3 Å². The molecule has 0 saturated heterocycles. The molecule has 0 aromatic carbocycles. The molecule has 0 bridgehead atoms. The van der Waals surface area contributed by atoms with Gasteiger partial charge in [-0.15, -0.1) is 0 Å². The van der Waals surface area contributed by atoms with Gasteiger partial charge < -0.3 is 5.11 Å². The van der Waals surface area contributed by atoms with E-state index >= 15 is 0 Å². The fraction of sp³-hybridized carbons (Fsp3) is 0.417. The number of pyridine rings is 1. The lowest BCUT2D eigenvalue weighted by Gasteiger charge is -1.98. The van der Waals surface area contributed by atoms with Crippen LogP contribution in [0, 0.1) is 0 Å². The minimum atomic E-state index is -0.831. The van der Waals surface area contributed by atoms with Crippen molar-refractivity contribution in [3.05, 3.63) is 23.5 Å². The Bertz CT molecular complexity index is 599. The third kappa shape index (κ3) is 1.77. The molecule has 0 unspecified atom stereocenters. The summed E-state index contributed by atoms with van der Waals surface area (Å²) in [6.45, 7) is 0. The number of aromatic nitrogens is 3. The molecule has 5 heteroatoms. The Hall–Kier alpha value is -1.91.